The summed E-state index contributed by atoms with van der Waals surface area (Å²) in [5, 5.41) is 9.33. The van der Waals surface area contributed by atoms with Gasteiger partial charge in [0, 0.05) is 6.20 Å². The molecule has 0 spiro atoms. The predicted octanol–water partition coefficient (Wildman–Crippen LogP) is 1.88. The molecule has 6 nitrogen and oxygen atoms in total. The van der Waals surface area contributed by atoms with Crippen LogP contribution < -0.4 is 11.1 Å². The first-order valence-electron chi connectivity index (χ1n) is 8.03. The molecule has 0 amide bonds. The van der Waals surface area contributed by atoms with Gasteiger partial charge in [0.1, 0.15) is 17.7 Å². The lowest BCUT2D eigenvalue weighted by Crippen LogP contribution is -2.27. The number of benzene rings is 1. The molecule has 3 aromatic rings. The largest absolute Gasteiger partial charge is 0.371 e. The van der Waals surface area contributed by atoms with Crippen molar-refractivity contribution in [1.82, 2.24) is 9.55 Å². The van der Waals surface area contributed by atoms with Crippen molar-refractivity contribution in [3.63, 3.8) is 0 Å². The monoisotopic (exact) mass is 333 g/mol. The van der Waals surface area contributed by atoms with Crippen LogP contribution in [0.5, 0.6) is 0 Å². The van der Waals surface area contributed by atoms with Gasteiger partial charge in [-0.1, -0.05) is 24.3 Å². The zero-order chi connectivity index (χ0) is 17.4. The van der Waals surface area contributed by atoms with Crippen LogP contribution in [0, 0.1) is 11.3 Å². The van der Waals surface area contributed by atoms with E-state index in [4.69, 9.17) is 10.00 Å². The number of pyridine rings is 2. The van der Waals surface area contributed by atoms with Gasteiger partial charge in [-0.2, -0.15) is 5.26 Å². The van der Waals surface area contributed by atoms with Crippen LogP contribution in [-0.4, -0.2) is 16.2 Å². The van der Waals surface area contributed by atoms with Gasteiger partial charge >= 0.3 is 0 Å². The molecule has 6 heteroatoms. The molecular weight excluding hydrogens is 318 g/mol. The summed E-state index contributed by atoms with van der Waals surface area (Å²) < 4.78 is 7.43. The maximum Gasteiger partial charge on any atom is 0.266 e. The molecule has 0 saturated heterocycles. The van der Waals surface area contributed by atoms with Gasteiger partial charge in [0.25, 0.3) is 11.1 Å². The van der Waals surface area contributed by atoms with Gasteiger partial charge in [-0.25, -0.2) is 0 Å². The molecule has 25 heavy (non-hydrogen) atoms. The highest BCUT2D eigenvalue weighted by atomic mass is 16.5. The van der Waals surface area contributed by atoms with Crippen LogP contribution in [0.25, 0.3) is 10.9 Å². The average molecular weight is 333 g/mol. The van der Waals surface area contributed by atoms with Gasteiger partial charge in [0.2, 0.25) is 0 Å². The molecule has 1 aromatic carbocycles. The molecule has 0 fully saturated rings. The van der Waals surface area contributed by atoms with Crippen molar-refractivity contribution >= 4 is 10.9 Å². The van der Waals surface area contributed by atoms with Crippen LogP contribution in [0.4, 0.5) is 0 Å². The second kappa shape index (κ2) is 6.04. The van der Waals surface area contributed by atoms with Gasteiger partial charge in [-0.05, 0) is 29.7 Å². The zero-order valence-electron chi connectivity index (χ0n) is 13.4. The van der Waals surface area contributed by atoms with Crippen molar-refractivity contribution < 1.29 is 4.74 Å². The standard InChI is InChI=1S/C19H15N3O3/c20-10-13-9-15-16(21-18(13)23)5-7-22(19(15)24)11-17-14-4-2-1-3-12(14)6-8-25-17/h1-5,7,9,17H,6,8,11H2,(H,21,23). The van der Waals surface area contributed by atoms with Crippen LogP contribution in [0.3, 0.4) is 0 Å². The minimum absolute atomic E-state index is 0.0680. The Morgan fingerprint density at radius 3 is 2.96 bits per heavy atom. The number of ether oxygens (including phenoxy) is 1. The second-order valence-electron chi connectivity index (χ2n) is 6.03. The van der Waals surface area contributed by atoms with Crippen molar-refractivity contribution in [3.05, 3.63) is 80.0 Å². The SMILES string of the molecule is N#Cc1cc2c(=O)n(CC3OCCc4ccccc43)ccc2[nH]c1=O. The van der Waals surface area contributed by atoms with Gasteiger partial charge < -0.3 is 14.3 Å². The Balaban J connectivity index is 1.78. The minimum atomic E-state index is -0.489. The third kappa shape index (κ3) is 2.65. The van der Waals surface area contributed by atoms with Crippen molar-refractivity contribution in [3.8, 4) is 6.07 Å². The van der Waals surface area contributed by atoms with E-state index in [0.29, 0.717) is 24.1 Å². The normalized spacial score (nSPS) is 16.4. The molecule has 1 aliphatic rings. The van der Waals surface area contributed by atoms with Crippen LogP contribution >= 0.6 is 0 Å². The number of fused-ring (bicyclic) bond motifs is 2. The lowest BCUT2D eigenvalue weighted by molar-refractivity contribution is 0.0300. The van der Waals surface area contributed by atoms with Crippen molar-refractivity contribution in [1.29, 1.82) is 5.26 Å². The lowest BCUT2D eigenvalue weighted by atomic mass is 9.97. The number of rotatable bonds is 2. The minimum Gasteiger partial charge on any atom is -0.371 e. The highest BCUT2D eigenvalue weighted by molar-refractivity contribution is 5.78. The summed E-state index contributed by atoms with van der Waals surface area (Å²) in [4.78, 5) is 27.1. The summed E-state index contributed by atoms with van der Waals surface area (Å²) in [6.07, 6.45) is 2.32. The average Bonchev–Trinajstić information content (AvgIpc) is 2.64. The predicted molar refractivity (Wildman–Crippen MR) is 92.4 cm³/mol. The van der Waals surface area contributed by atoms with Crippen molar-refractivity contribution in [2.24, 2.45) is 0 Å². The maximum atomic E-state index is 12.8. The fraction of sp³-hybridized carbons (Fsp3) is 0.211. The Kier molecular flexibility index (Phi) is 3.71. The number of nitriles is 1. The Morgan fingerprint density at radius 2 is 2.12 bits per heavy atom. The Hall–Kier alpha value is -3.17. The highest BCUT2D eigenvalue weighted by Crippen LogP contribution is 2.28. The third-order valence-electron chi connectivity index (χ3n) is 4.56. The van der Waals surface area contributed by atoms with E-state index in [0.717, 1.165) is 12.0 Å². The van der Waals surface area contributed by atoms with Crippen LogP contribution in [0.2, 0.25) is 0 Å². The number of aromatic nitrogens is 2. The molecule has 1 aliphatic heterocycles. The Labute approximate surface area is 142 Å². The number of hydrogen-bond donors (Lipinski definition) is 1. The summed E-state index contributed by atoms with van der Waals surface area (Å²) in [6.45, 7) is 1.00. The zero-order valence-corrected chi connectivity index (χ0v) is 13.4. The Morgan fingerprint density at radius 1 is 1.28 bits per heavy atom. The van der Waals surface area contributed by atoms with Crippen LogP contribution in [-0.2, 0) is 17.7 Å². The quantitative estimate of drug-likeness (QED) is 0.775. The number of H-pyrrole nitrogens is 1. The van der Waals surface area contributed by atoms with E-state index in [9.17, 15) is 9.59 Å². The molecule has 2 aromatic heterocycles. The van der Waals surface area contributed by atoms with E-state index in [1.807, 2.05) is 24.3 Å². The molecule has 3 heterocycles. The van der Waals surface area contributed by atoms with E-state index in [-0.39, 0.29) is 17.2 Å². The lowest BCUT2D eigenvalue weighted by Gasteiger charge is -2.26. The molecule has 0 radical (unpaired) electrons. The van der Waals surface area contributed by atoms with Gasteiger partial charge in [-0.3, -0.25) is 9.59 Å². The first-order valence-corrected chi connectivity index (χ1v) is 8.03. The molecule has 1 N–H and O–H groups in total. The molecule has 1 atom stereocenters. The van der Waals surface area contributed by atoms with E-state index < -0.39 is 5.56 Å². The summed E-state index contributed by atoms with van der Waals surface area (Å²) in [5.41, 5.74) is 1.95. The molecule has 124 valence electrons. The first kappa shape index (κ1) is 15.4. The van der Waals surface area contributed by atoms with Gasteiger partial charge in [0.15, 0.2) is 0 Å². The fourth-order valence-corrected chi connectivity index (χ4v) is 3.27. The third-order valence-corrected chi connectivity index (χ3v) is 4.56. The van der Waals surface area contributed by atoms with Crippen molar-refractivity contribution in [2.45, 2.75) is 19.1 Å². The number of nitrogens with zero attached hydrogens (tertiary/aromatic N) is 2. The smallest absolute Gasteiger partial charge is 0.266 e. The van der Waals surface area contributed by atoms with Crippen LogP contribution in [0.1, 0.15) is 22.8 Å². The number of hydrogen-bond acceptors (Lipinski definition) is 4. The van der Waals surface area contributed by atoms with Gasteiger partial charge in [-0.15, -0.1) is 0 Å². The number of nitrogens with one attached hydrogen (secondary N) is 1. The second-order valence-corrected chi connectivity index (χ2v) is 6.03. The summed E-state index contributed by atoms with van der Waals surface area (Å²) in [6, 6.07) is 12.9. The topological polar surface area (TPSA) is 87.9 Å². The summed E-state index contributed by atoms with van der Waals surface area (Å²) in [5.74, 6) is 0. The van der Waals surface area contributed by atoms with E-state index in [1.165, 1.54) is 11.6 Å². The van der Waals surface area contributed by atoms with Crippen molar-refractivity contribution in [2.75, 3.05) is 6.61 Å². The fourth-order valence-electron chi connectivity index (χ4n) is 3.27. The molecule has 1 unspecified atom stereocenters. The van der Waals surface area contributed by atoms with E-state index >= 15 is 0 Å². The highest BCUT2D eigenvalue weighted by Gasteiger charge is 2.21. The molecule has 0 saturated carbocycles. The molecule has 4 rings (SSSR count). The Bertz CT molecular complexity index is 1120. The molecule has 0 aliphatic carbocycles. The summed E-state index contributed by atoms with van der Waals surface area (Å²) >= 11 is 0. The van der Waals surface area contributed by atoms with E-state index in [1.54, 1.807) is 16.8 Å². The van der Waals surface area contributed by atoms with E-state index in [2.05, 4.69) is 11.1 Å². The maximum absolute atomic E-state index is 12.8. The molecular formula is C19H15N3O3. The van der Waals surface area contributed by atoms with Gasteiger partial charge in [0.05, 0.1) is 24.1 Å². The first-order chi connectivity index (χ1) is 12.2. The van der Waals surface area contributed by atoms with Crippen LogP contribution in [0.15, 0.2) is 52.2 Å². The number of aromatic amines is 1. The summed E-state index contributed by atoms with van der Waals surface area (Å²) in [7, 11) is 0. The molecule has 0 bridgehead atoms.